The number of hydrogen-bond donors (Lipinski definition) is 0. The van der Waals surface area contributed by atoms with Crippen LogP contribution in [0.5, 0.6) is 0 Å². The fourth-order valence-corrected chi connectivity index (χ4v) is 3.46. The Labute approximate surface area is 194 Å². The van der Waals surface area contributed by atoms with Crippen LogP contribution in [0.2, 0.25) is 5.02 Å². The first-order chi connectivity index (χ1) is 15.2. The smallest absolute Gasteiger partial charge is 0.339 e. The summed E-state index contributed by atoms with van der Waals surface area (Å²) in [6.07, 6.45) is -1.41. The van der Waals surface area contributed by atoms with Crippen LogP contribution in [0.25, 0.3) is 0 Å². The van der Waals surface area contributed by atoms with Crippen molar-refractivity contribution in [3.8, 4) is 0 Å². The molecule has 0 spiro atoms. The second-order valence-electron chi connectivity index (χ2n) is 6.41. The Kier molecular flexibility index (Phi) is 6.96. The second-order valence-corrected chi connectivity index (χ2v) is 7.64. The molecule has 3 aromatic rings. The van der Waals surface area contributed by atoms with E-state index in [0.717, 1.165) is 12.1 Å². The topological polar surface area (TPSA) is 130 Å². The summed E-state index contributed by atoms with van der Waals surface area (Å²) >= 11 is 8.71. The number of rotatable bonds is 7. The minimum atomic E-state index is -1.41. The molecule has 0 saturated carbocycles. The molecule has 0 aromatic heterocycles. The first kappa shape index (κ1) is 23.0. The van der Waals surface area contributed by atoms with Crippen LogP contribution < -0.4 is 0 Å². The molecule has 1 atom stereocenters. The summed E-state index contributed by atoms with van der Waals surface area (Å²) in [6, 6.07) is 15.7. The number of ketones is 1. The number of hydrogen-bond acceptors (Lipinski definition) is 7. The zero-order valence-electron chi connectivity index (χ0n) is 15.9. The molecule has 0 heterocycles. The predicted molar refractivity (Wildman–Crippen MR) is 118 cm³/mol. The second kappa shape index (κ2) is 9.67. The van der Waals surface area contributed by atoms with Gasteiger partial charge in [0.05, 0.1) is 15.4 Å². The molecule has 0 aliphatic heterocycles. The number of nitrogens with zero attached hydrogens (tertiary/aromatic N) is 2. The highest BCUT2D eigenvalue weighted by atomic mass is 79.9. The van der Waals surface area contributed by atoms with Gasteiger partial charge < -0.3 is 4.74 Å². The fraction of sp³-hybridized carbons (Fsp3) is 0.0476. The lowest BCUT2D eigenvalue weighted by atomic mass is 9.99. The minimum Gasteiger partial charge on any atom is -0.445 e. The molecule has 32 heavy (non-hydrogen) atoms. The summed E-state index contributed by atoms with van der Waals surface area (Å²) < 4.78 is 5.01. The lowest BCUT2D eigenvalue weighted by Crippen LogP contribution is -2.20. The van der Waals surface area contributed by atoms with Crippen LogP contribution in [0.1, 0.15) is 32.4 Å². The third-order valence-electron chi connectivity index (χ3n) is 4.36. The Bertz CT molecular complexity index is 1180. The van der Waals surface area contributed by atoms with Gasteiger partial charge >= 0.3 is 5.97 Å². The van der Waals surface area contributed by atoms with Crippen LogP contribution in [-0.2, 0) is 4.74 Å². The maximum atomic E-state index is 13.1. The summed E-state index contributed by atoms with van der Waals surface area (Å²) in [7, 11) is 0. The molecule has 0 aliphatic rings. The average molecular weight is 520 g/mol. The van der Waals surface area contributed by atoms with Gasteiger partial charge in [0.1, 0.15) is 0 Å². The lowest BCUT2D eigenvalue weighted by Gasteiger charge is -2.18. The normalized spacial score (nSPS) is 11.4. The van der Waals surface area contributed by atoms with Gasteiger partial charge in [0.25, 0.3) is 11.4 Å². The van der Waals surface area contributed by atoms with Crippen LogP contribution in [0.3, 0.4) is 0 Å². The quantitative estimate of drug-likeness (QED) is 0.169. The van der Waals surface area contributed by atoms with Crippen LogP contribution in [0.4, 0.5) is 11.4 Å². The molecule has 11 heteroatoms. The molecular formula is C21H12BrClN2O7. The van der Waals surface area contributed by atoms with E-state index in [1.54, 1.807) is 18.2 Å². The average Bonchev–Trinajstić information content (AvgIpc) is 2.78. The Morgan fingerprint density at radius 2 is 1.41 bits per heavy atom. The van der Waals surface area contributed by atoms with Crippen LogP contribution >= 0.6 is 27.5 Å². The maximum absolute atomic E-state index is 13.1. The van der Waals surface area contributed by atoms with E-state index in [1.165, 1.54) is 36.4 Å². The van der Waals surface area contributed by atoms with E-state index in [-0.39, 0.29) is 5.56 Å². The Morgan fingerprint density at radius 3 is 1.91 bits per heavy atom. The lowest BCUT2D eigenvalue weighted by molar-refractivity contribution is -0.395. The van der Waals surface area contributed by atoms with Crippen molar-refractivity contribution in [2.75, 3.05) is 0 Å². The first-order valence-corrected chi connectivity index (χ1v) is 10.0. The van der Waals surface area contributed by atoms with Crippen LogP contribution in [0.15, 0.2) is 71.2 Å². The van der Waals surface area contributed by atoms with Gasteiger partial charge in [-0.2, -0.15) is 0 Å². The zero-order valence-corrected chi connectivity index (χ0v) is 18.3. The highest BCUT2D eigenvalue weighted by molar-refractivity contribution is 9.10. The molecule has 0 bridgehead atoms. The number of halogens is 2. The molecule has 3 rings (SSSR count). The molecule has 0 aliphatic carbocycles. The predicted octanol–water partition coefficient (Wildman–Crippen LogP) is 5.70. The molecule has 0 amide bonds. The van der Waals surface area contributed by atoms with Crippen molar-refractivity contribution < 1.29 is 24.2 Å². The summed E-state index contributed by atoms with van der Waals surface area (Å²) in [5, 5.41) is 22.9. The summed E-state index contributed by atoms with van der Waals surface area (Å²) in [4.78, 5) is 46.7. The minimum absolute atomic E-state index is 0.257. The third-order valence-corrected chi connectivity index (χ3v) is 5.42. The number of benzene rings is 3. The molecule has 0 radical (unpaired) electrons. The first-order valence-electron chi connectivity index (χ1n) is 8.87. The fourth-order valence-electron chi connectivity index (χ4n) is 2.82. The van der Waals surface area contributed by atoms with E-state index in [2.05, 4.69) is 15.9 Å². The molecular weight excluding hydrogens is 508 g/mol. The molecule has 0 fully saturated rings. The number of nitro benzene ring substituents is 2. The van der Waals surface area contributed by atoms with Crippen molar-refractivity contribution >= 4 is 50.7 Å². The van der Waals surface area contributed by atoms with Gasteiger partial charge in [0.2, 0.25) is 5.78 Å². The third kappa shape index (κ3) is 4.98. The number of Topliss-reactive ketones (excluding diaryl/α,β-unsaturated/α-hetero) is 1. The highest BCUT2D eigenvalue weighted by Crippen LogP contribution is 2.36. The number of nitro groups is 2. The molecule has 9 nitrogen and oxygen atoms in total. The van der Waals surface area contributed by atoms with E-state index >= 15 is 0 Å². The van der Waals surface area contributed by atoms with Gasteiger partial charge in [-0.15, -0.1) is 0 Å². The molecule has 0 N–H and O–H groups in total. The molecule has 0 unspecified atom stereocenters. The van der Waals surface area contributed by atoms with Gasteiger partial charge in [-0.1, -0.05) is 54.1 Å². The van der Waals surface area contributed by atoms with Crippen molar-refractivity contribution in [1.29, 1.82) is 0 Å². The number of carbonyl (C=O) groups is 2. The van der Waals surface area contributed by atoms with Crippen molar-refractivity contribution in [3.05, 3.63) is 113 Å². The van der Waals surface area contributed by atoms with Crippen LogP contribution in [-0.4, -0.2) is 21.6 Å². The maximum Gasteiger partial charge on any atom is 0.339 e. The standard InChI is InChI=1S/C21H12BrClN2O7/c22-18-16(24(28)29)10-14(11-17(18)25(30)31)21(27)32-20(13-6-8-15(23)9-7-13)19(26)12-4-2-1-3-5-12/h1-11,20H/t20-/m0/s1. The van der Waals surface area contributed by atoms with Crippen molar-refractivity contribution in [2.45, 2.75) is 6.10 Å². The van der Waals surface area contributed by atoms with Gasteiger partial charge in [0, 0.05) is 28.3 Å². The Morgan fingerprint density at radius 1 is 0.875 bits per heavy atom. The Hall–Kier alpha value is -3.63. The molecule has 0 saturated heterocycles. The summed E-state index contributed by atoms with van der Waals surface area (Å²) in [5.74, 6) is -1.70. The van der Waals surface area contributed by atoms with Crippen LogP contribution in [0, 0.1) is 20.2 Å². The van der Waals surface area contributed by atoms with Crippen molar-refractivity contribution in [2.24, 2.45) is 0 Å². The summed E-state index contributed by atoms with van der Waals surface area (Å²) in [6.45, 7) is 0. The highest BCUT2D eigenvalue weighted by Gasteiger charge is 2.31. The SMILES string of the molecule is O=C(O[C@H](C(=O)c1ccccc1)c1ccc(Cl)cc1)c1cc([N+](=O)[O-])c(Br)c([N+](=O)[O-])c1. The largest absolute Gasteiger partial charge is 0.445 e. The Balaban J connectivity index is 2.04. The number of esters is 1. The summed E-state index contributed by atoms with van der Waals surface area (Å²) in [5.41, 5.74) is -1.27. The van der Waals surface area contributed by atoms with Gasteiger partial charge in [-0.3, -0.25) is 25.0 Å². The molecule has 162 valence electrons. The van der Waals surface area contributed by atoms with E-state index in [1.807, 2.05) is 0 Å². The van der Waals surface area contributed by atoms with Crippen molar-refractivity contribution in [1.82, 2.24) is 0 Å². The van der Waals surface area contributed by atoms with E-state index in [9.17, 15) is 29.8 Å². The number of ether oxygens (including phenoxy) is 1. The monoisotopic (exact) mass is 518 g/mol. The van der Waals surface area contributed by atoms with Gasteiger partial charge in [-0.25, -0.2) is 4.79 Å². The zero-order chi connectivity index (χ0) is 23.4. The van der Waals surface area contributed by atoms with Gasteiger partial charge in [-0.05, 0) is 28.1 Å². The van der Waals surface area contributed by atoms with E-state index in [0.29, 0.717) is 10.6 Å². The van der Waals surface area contributed by atoms with E-state index < -0.39 is 49.1 Å². The molecule has 3 aromatic carbocycles. The van der Waals surface area contributed by atoms with E-state index in [4.69, 9.17) is 16.3 Å². The van der Waals surface area contributed by atoms with Gasteiger partial charge in [0.15, 0.2) is 10.6 Å². The van der Waals surface area contributed by atoms with Crippen molar-refractivity contribution in [3.63, 3.8) is 0 Å². The number of carbonyl (C=O) groups excluding carboxylic acids is 2.